The van der Waals surface area contributed by atoms with Crippen LogP contribution in [0.5, 0.6) is 0 Å². The minimum absolute atomic E-state index is 0.556. The van der Waals surface area contributed by atoms with Crippen LogP contribution in [-0.2, 0) is 0 Å². The van der Waals surface area contributed by atoms with Crippen molar-refractivity contribution in [1.29, 1.82) is 0 Å². The molecule has 86 valence electrons. The fraction of sp³-hybridized carbons (Fsp3) is 0.909. The van der Waals surface area contributed by atoms with Gasteiger partial charge in [0.25, 0.3) is 0 Å². The lowest BCUT2D eigenvalue weighted by atomic mass is 10.1. The first-order chi connectivity index (χ1) is 7.27. The molecule has 0 radical (unpaired) electrons. The zero-order valence-electron chi connectivity index (χ0n) is 9.79. The summed E-state index contributed by atoms with van der Waals surface area (Å²) in [7, 11) is 0. The van der Waals surface area contributed by atoms with Crippen molar-refractivity contribution in [2.45, 2.75) is 26.3 Å². The molecule has 4 heteroatoms. The van der Waals surface area contributed by atoms with Crippen molar-refractivity contribution < 1.29 is 0 Å². The number of hydrogen-bond acceptors (Lipinski definition) is 4. The lowest BCUT2D eigenvalue weighted by molar-refractivity contribution is 0.366. The van der Waals surface area contributed by atoms with Gasteiger partial charge >= 0.3 is 0 Å². The molecule has 0 saturated carbocycles. The first-order valence-corrected chi connectivity index (χ1v) is 6.03. The zero-order chi connectivity index (χ0) is 10.7. The Morgan fingerprint density at radius 3 is 3.13 bits per heavy atom. The molecule has 0 spiro atoms. The highest BCUT2D eigenvalue weighted by molar-refractivity contribution is 5.81. The first-order valence-electron chi connectivity index (χ1n) is 6.03. The molecular weight excluding hydrogens is 188 g/mol. The van der Waals surface area contributed by atoms with E-state index in [1.54, 1.807) is 0 Å². The normalized spacial score (nSPS) is 26.2. The van der Waals surface area contributed by atoms with Crippen molar-refractivity contribution >= 4 is 5.96 Å². The Labute approximate surface area is 92.1 Å². The van der Waals surface area contributed by atoms with Crippen LogP contribution in [0.25, 0.3) is 0 Å². The second kappa shape index (κ2) is 4.84. The molecule has 2 rings (SSSR count). The molecule has 0 aromatic rings. The molecule has 1 saturated heterocycles. The maximum Gasteiger partial charge on any atom is 0.194 e. The molecule has 1 unspecified atom stereocenters. The second-order valence-corrected chi connectivity index (χ2v) is 4.73. The van der Waals surface area contributed by atoms with Crippen molar-refractivity contribution in [2.75, 3.05) is 32.7 Å². The number of hydrogen-bond donors (Lipinski definition) is 2. The number of nitrogens with one attached hydrogen (secondary N) is 2. The summed E-state index contributed by atoms with van der Waals surface area (Å²) in [6.45, 7) is 9.86. The third kappa shape index (κ3) is 2.62. The quantitative estimate of drug-likeness (QED) is 0.702. The van der Waals surface area contributed by atoms with Crippen LogP contribution in [-0.4, -0.2) is 49.6 Å². The third-order valence-electron chi connectivity index (χ3n) is 3.21. The highest BCUT2D eigenvalue weighted by atomic mass is 15.3. The number of guanidine groups is 1. The van der Waals surface area contributed by atoms with E-state index in [1.165, 1.54) is 13.0 Å². The van der Waals surface area contributed by atoms with Gasteiger partial charge in [0.1, 0.15) is 0 Å². The number of aliphatic imine (C=N–C) groups is 1. The van der Waals surface area contributed by atoms with Crippen LogP contribution in [0.1, 0.15) is 20.3 Å². The van der Waals surface area contributed by atoms with E-state index in [0.717, 1.165) is 38.1 Å². The largest absolute Gasteiger partial charge is 0.356 e. The van der Waals surface area contributed by atoms with Crippen LogP contribution >= 0.6 is 0 Å². The predicted molar refractivity (Wildman–Crippen MR) is 63.1 cm³/mol. The van der Waals surface area contributed by atoms with Gasteiger partial charge in [-0.25, -0.2) is 0 Å². The summed E-state index contributed by atoms with van der Waals surface area (Å²) in [4.78, 5) is 6.86. The van der Waals surface area contributed by atoms with Crippen molar-refractivity contribution in [3.8, 4) is 0 Å². The fourth-order valence-corrected chi connectivity index (χ4v) is 2.24. The molecule has 1 fully saturated rings. The number of rotatable bonds is 3. The van der Waals surface area contributed by atoms with Crippen LogP contribution in [0.3, 0.4) is 0 Å². The molecule has 2 aliphatic heterocycles. The van der Waals surface area contributed by atoms with E-state index < -0.39 is 0 Å². The lowest BCUT2D eigenvalue weighted by Gasteiger charge is -2.25. The Bertz CT molecular complexity index is 231. The van der Waals surface area contributed by atoms with Gasteiger partial charge in [-0.2, -0.15) is 0 Å². The molecule has 2 N–H and O–H groups in total. The van der Waals surface area contributed by atoms with Crippen LogP contribution in [0.15, 0.2) is 4.99 Å². The van der Waals surface area contributed by atoms with E-state index in [9.17, 15) is 0 Å². The van der Waals surface area contributed by atoms with Crippen LogP contribution in [0.2, 0.25) is 0 Å². The summed E-state index contributed by atoms with van der Waals surface area (Å²) in [5.74, 6) is 1.89. The topological polar surface area (TPSA) is 39.7 Å². The van der Waals surface area contributed by atoms with E-state index >= 15 is 0 Å². The molecule has 2 aliphatic rings. The fourth-order valence-electron chi connectivity index (χ4n) is 2.24. The molecule has 2 heterocycles. The standard InChI is InChI=1S/C11H22N4/c1-9(2)15-6-5-13-11(15)14-8-10-3-4-12-7-10/h9-10,12H,3-8H2,1-2H3,(H,13,14). The van der Waals surface area contributed by atoms with Crippen LogP contribution < -0.4 is 10.6 Å². The molecule has 0 aliphatic carbocycles. The Kier molecular flexibility index (Phi) is 3.46. The highest BCUT2D eigenvalue weighted by Crippen LogP contribution is 2.08. The van der Waals surface area contributed by atoms with Crippen LogP contribution in [0.4, 0.5) is 0 Å². The highest BCUT2D eigenvalue weighted by Gasteiger charge is 2.21. The predicted octanol–water partition coefficient (Wildman–Crippen LogP) is 0.266. The average molecular weight is 210 g/mol. The van der Waals surface area contributed by atoms with Crippen molar-refractivity contribution in [1.82, 2.24) is 15.5 Å². The molecule has 15 heavy (non-hydrogen) atoms. The molecule has 0 aromatic carbocycles. The lowest BCUT2D eigenvalue weighted by Crippen LogP contribution is -2.44. The number of nitrogens with zero attached hydrogens (tertiary/aromatic N) is 2. The molecule has 0 bridgehead atoms. The van der Waals surface area contributed by atoms with Crippen molar-refractivity contribution in [3.05, 3.63) is 0 Å². The average Bonchev–Trinajstić information content (AvgIpc) is 2.86. The molecule has 0 aromatic heterocycles. The smallest absolute Gasteiger partial charge is 0.194 e. The Morgan fingerprint density at radius 2 is 2.47 bits per heavy atom. The van der Waals surface area contributed by atoms with Gasteiger partial charge in [0.2, 0.25) is 0 Å². The zero-order valence-corrected chi connectivity index (χ0v) is 9.79. The Hall–Kier alpha value is -0.770. The minimum atomic E-state index is 0.556. The van der Waals surface area contributed by atoms with E-state index in [2.05, 4.69) is 34.4 Å². The minimum Gasteiger partial charge on any atom is -0.356 e. The van der Waals surface area contributed by atoms with Gasteiger partial charge in [-0.05, 0) is 39.3 Å². The molecule has 0 amide bonds. The van der Waals surface area contributed by atoms with Gasteiger partial charge in [0, 0.05) is 19.1 Å². The van der Waals surface area contributed by atoms with Crippen LogP contribution in [0, 0.1) is 5.92 Å². The monoisotopic (exact) mass is 210 g/mol. The summed E-state index contributed by atoms with van der Waals surface area (Å²) < 4.78 is 0. The maximum absolute atomic E-state index is 4.51. The summed E-state index contributed by atoms with van der Waals surface area (Å²) >= 11 is 0. The van der Waals surface area contributed by atoms with E-state index in [4.69, 9.17) is 0 Å². The van der Waals surface area contributed by atoms with Crippen molar-refractivity contribution in [2.24, 2.45) is 10.9 Å². The second-order valence-electron chi connectivity index (χ2n) is 4.73. The summed E-state index contributed by atoms with van der Waals surface area (Å²) in [6.07, 6.45) is 1.29. The molecule has 4 nitrogen and oxygen atoms in total. The van der Waals surface area contributed by atoms with E-state index in [-0.39, 0.29) is 0 Å². The van der Waals surface area contributed by atoms with Gasteiger partial charge in [0.15, 0.2) is 5.96 Å². The summed E-state index contributed by atoms with van der Waals surface area (Å²) in [5, 5.41) is 6.88. The first kappa shape index (κ1) is 10.7. The Morgan fingerprint density at radius 1 is 1.60 bits per heavy atom. The molecule has 1 atom stereocenters. The Balaban J connectivity index is 1.78. The van der Waals surface area contributed by atoms with Gasteiger partial charge in [-0.3, -0.25) is 4.99 Å². The van der Waals surface area contributed by atoms with E-state index in [1.807, 2.05) is 0 Å². The summed E-state index contributed by atoms with van der Waals surface area (Å²) in [5.41, 5.74) is 0. The SMILES string of the molecule is CC(C)N1CCN=C1NCC1CCNC1. The van der Waals surface area contributed by atoms with Gasteiger partial charge in [0.05, 0.1) is 6.54 Å². The van der Waals surface area contributed by atoms with Gasteiger partial charge in [-0.1, -0.05) is 0 Å². The van der Waals surface area contributed by atoms with E-state index in [0.29, 0.717) is 6.04 Å². The maximum atomic E-state index is 4.51. The van der Waals surface area contributed by atoms with Gasteiger partial charge < -0.3 is 15.5 Å². The van der Waals surface area contributed by atoms with Gasteiger partial charge in [-0.15, -0.1) is 0 Å². The van der Waals surface area contributed by atoms with Crippen molar-refractivity contribution in [3.63, 3.8) is 0 Å². The third-order valence-corrected chi connectivity index (χ3v) is 3.21. The summed E-state index contributed by atoms with van der Waals surface area (Å²) in [6, 6.07) is 0.556. The molecular formula is C11H22N4.